The lowest BCUT2D eigenvalue weighted by Gasteiger charge is -2.35. The van der Waals surface area contributed by atoms with Gasteiger partial charge >= 0.3 is 6.18 Å². The minimum Gasteiger partial charge on any atom is -0.409 e. The zero-order chi connectivity index (χ0) is 15.5. The molecule has 1 fully saturated rings. The van der Waals surface area contributed by atoms with Crippen molar-refractivity contribution in [1.29, 1.82) is 0 Å². The van der Waals surface area contributed by atoms with Gasteiger partial charge < -0.3 is 15.8 Å². The quantitative estimate of drug-likeness (QED) is 0.376. The van der Waals surface area contributed by atoms with Gasteiger partial charge in [-0.05, 0) is 12.1 Å². The first-order valence-electron chi connectivity index (χ1n) is 6.37. The van der Waals surface area contributed by atoms with Crippen LogP contribution in [0.2, 0.25) is 0 Å². The first-order chi connectivity index (χ1) is 9.91. The molecule has 6 nitrogen and oxygen atoms in total. The van der Waals surface area contributed by atoms with Crippen LogP contribution in [0.1, 0.15) is 5.56 Å². The number of oxime groups is 1. The van der Waals surface area contributed by atoms with Gasteiger partial charge in [0.15, 0.2) is 5.84 Å². The highest BCUT2D eigenvalue weighted by molar-refractivity contribution is 5.81. The van der Waals surface area contributed by atoms with E-state index in [1.807, 2.05) is 4.90 Å². The van der Waals surface area contributed by atoms with E-state index in [4.69, 9.17) is 10.9 Å². The minimum atomic E-state index is -4.42. The fourth-order valence-corrected chi connectivity index (χ4v) is 2.25. The summed E-state index contributed by atoms with van der Waals surface area (Å²) in [6, 6.07) is 2.31. The summed E-state index contributed by atoms with van der Waals surface area (Å²) in [6.45, 7) is 2.13. The monoisotopic (exact) mass is 303 g/mol. The van der Waals surface area contributed by atoms with E-state index in [1.165, 1.54) is 12.3 Å². The Morgan fingerprint density at radius 3 is 2.57 bits per heavy atom. The number of nitrogens with two attached hydrogens (primary N) is 1. The van der Waals surface area contributed by atoms with Crippen LogP contribution < -0.4 is 10.6 Å². The number of piperazine rings is 1. The van der Waals surface area contributed by atoms with Gasteiger partial charge in [0.25, 0.3) is 0 Å². The molecule has 2 rings (SSSR count). The number of halogens is 3. The predicted octanol–water partition coefficient (Wildman–Crippen LogP) is 0.969. The third-order valence-corrected chi connectivity index (χ3v) is 3.28. The number of hydrogen-bond acceptors (Lipinski definition) is 5. The fourth-order valence-electron chi connectivity index (χ4n) is 2.25. The molecule has 0 aromatic carbocycles. The van der Waals surface area contributed by atoms with Crippen molar-refractivity contribution < 1.29 is 18.4 Å². The average molecular weight is 303 g/mol. The first-order valence-corrected chi connectivity index (χ1v) is 6.37. The van der Waals surface area contributed by atoms with Crippen molar-refractivity contribution in [2.75, 3.05) is 37.6 Å². The van der Waals surface area contributed by atoms with Crippen molar-refractivity contribution in [3.05, 3.63) is 23.9 Å². The molecule has 116 valence electrons. The highest BCUT2D eigenvalue weighted by Gasteiger charge is 2.36. The molecule has 0 unspecified atom stereocenters. The lowest BCUT2D eigenvalue weighted by atomic mass is 10.2. The largest absolute Gasteiger partial charge is 0.419 e. The molecule has 1 aromatic heterocycles. The Balaban J connectivity index is 2.06. The number of rotatable bonds is 3. The van der Waals surface area contributed by atoms with Crippen LogP contribution in [0.4, 0.5) is 19.0 Å². The summed E-state index contributed by atoms with van der Waals surface area (Å²) < 4.78 is 38.9. The summed E-state index contributed by atoms with van der Waals surface area (Å²) in [4.78, 5) is 7.38. The highest BCUT2D eigenvalue weighted by atomic mass is 19.4. The second kappa shape index (κ2) is 6.17. The molecule has 9 heteroatoms. The Bertz CT molecular complexity index is 512. The Labute approximate surface area is 119 Å². The maximum atomic E-state index is 13.0. The normalized spacial score (nSPS) is 18.0. The van der Waals surface area contributed by atoms with Gasteiger partial charge in [0.2, 0.25) is 0 Å². The molecule has 1 aliphatic rings. The van der Waals surface area contributed by atoms with Gasteiger partial charge in [-0.25, -0.2) is 4.98 Å². The van der Waals surface area contributed by atoms with Crippen LogP contribution in [0.5, 0.6) is 0 Å². The van der Waals surface area contributed by atoms with Gasteiger partial charge in [-0.1, -0.05) is 5.16 Å². The van der Waals surface area contributed by atoms with Gasteiger partial charge in [0.05, 0.1) is 12.1 Å². The molecule has 0 amide bonds. The van der Waals surface area contributed by atoms with E-state index in [-0.39, 0.29) is 11.7 Å². The zero-order valence-corrected chi connectivity index (χ0v) is 11.2. The molecule has 0 aliphatic carbocycles. The molecule has 1 aromatic rings. The smallest absolute Gasteiger partial charge is 0.409 e. The van der Waals surface area contributed by atoms with Gasteiger partial charge in [-0.2, -0.15) is 13.2 Å². The van der Waals surface area contributed by atoms with Crippen molar-refractivity contribution in [3.8, 4) is 0 Å². The van der Waals surface area contributed by atoms with E-state index in [1.54, 1.807) is 4.90 Å². The summed E-state index contributed by atoms with van der Waals surface area (Å²) in [5, 5.41) is 11.4. The number of pyridine rings is 1. The topological polar surface area (TPSA) is 78.0 Å². The number of anilines is 1. The number of nitrogens with zero attached hydrogens (tertiary/aromatic N) is 4. The van der Waals surface area contributed by atoms with Crippen LogP contribution in [0.3, 0.4) is 0 Å². The van der Waals surface area contributed by atoms with E-state index < -0.39 is 11.7 Å². The lowest BCUT2D eigenvalue weighted by Crippen LogP contribution is -2.49. The Morgan fingerprint density at radius 1 is 1.33 bits per heavy atom. The van der Waals surface area contributed by atoms with Crippen molar-refractivity contribution >= 4 is 11.7 Å². The second-order valence-corrected chi connectivity index (χ2v) is 4.73. The van der Waals surface area contributed by atoms with E-state index >= 15 is 0 Å². The van der Waals surface area contributed by atoms with E-state index in [9.17, 15) is 13.2 Å². The SMILES string of the molecule is NC(CN1CCN(c2ncccc2C(F)(F)F)CC1)=NO. The number of hydrogen-bond donors (Lipinski definition) is 2. The highest BCUT2D eigenvalue weighted by Crippen LogP contribution is 2.35. The molecule has 0 spiro atoms. The zero-order valence-electron chi connectivity index (χ0n) is 11.2. The van der Waals surface area contributed by atoms with Crippen molar-refractivity contribution in [2.45, 2.75) is 6.18 Å². The molecule has 1 saturated heterocycles. The van der Waals surface area contributed by atoms with Gasteiger partial charge in [0, 0.05) is 32.4 Å². The summed E-state index contributed by atoms with van der Waals surface area (Å²) >= 11 is 0. The molecule has 0 bridgehead atoms. The second-order valence-electron chi connectivity index (χ2n) is 4.73. The molecular formula is C12H16F3N5O. The number of alkyl halides is 3. The lowest BCUT2D eigenvalue weighted by molar-refractivity contribution is -0.137. The van der Waals surface area contributed by atoms with Gasteiger partial charge in [-0.15, -0.1) is 0 Å². The molecule has 1 aliphatic heterocycles. The maximum Gasteiger partial charge on any atom is 0.419 e. The summed E-state index contributed by atoms with van der Waals surface area (Å²) in [5.41, 5.74) is 4.69. The van der Waals surface area contributed by atoms with E-state index in [0.717, 1.165) is 6.07 Å². The standard InChI is InChI=1S/C12H16F3N5O/c13-12(14,15)9-2-1-3-17-11(9)20-6-4-19(5-7-20)8-10(16)18-21/h1-3,21H,4-8H2,(H2,16,18). The third kappa shape index (κ3) is 3.75. The van der Waals surface area contributed by atoms with Crippen LogP contribution in [-0.2, 0) is 6.18 Å². The molecule has 0 atom stereocenters. The third-order valence-electron chi connectivity index (χ3n) is 3.28. The number of amidine groups is 1. The van der Waals surface area contributed by atoms with Crippen LogP contribution in [0.25, 0.3) is 0 Å². The summed E-state index contributed by atoms with van der Waals surface area (Å²) in [6.07, 6.45) is -3.07. The minimum absolute atomic E-state index is 0.0477. The number of aromatic nitrogens is 1. The molecule has 3 N–H and O–H groups in total. The van der Waals surface area contributed by atoms with Crippen LogP contribution in [0.15, 0.2) is 23.5 Å². The van der Waals surface area contributed by atoms with Crippen molar-refractivity contribution in [3.63, 3.8) is 0 Å². The molecular weight excluding hydrogens is 287 g/mol. The molecule has 2 heterocycles. The first kappa shape index (κ1) is 15.4. The fraction of sp³-hybridized carbons (Fsp3) is 0.500. The van der Waals surface area contributed by atoms with E-state index in [2.05, 4.69) is 10.1 Å². The predicted molar refractivity (Wildman–Crippen MR) is 71.3 cm³/mol. The Morgan fingerprint density at radius 2 is 2.00 bits per heavy atom. The van der Waals surface area contributed by atoms with Gasteiger partial charge in [0.1, 0.15) is 5.82 Å². The Kier molecular flexibility index (Phi) is 4.51. The van der Waals surface area contributed by atoms with Crippen LogP contribution >= 0.6 is 0 Å². The van der Waals surface area contributed by atoms with Crippen molar-refractivity contribution in [1.82, 2.24) is 9.88 Å². The van der Waals surface area contributed by atoms with Gasteiger partial charge in [-0.3, -0.25) is 4.90 Å². The molecule has 0 saturated carbocycles. The summed E-state index contributed by atoms with van der Waals surface area (Å²) in [7, 11) is 0. The maximum absolute atomic E-state index is 13.0. The van der Waals surface area contributed by atoms with E-state index in [0.29, 0.717) is 32.7 Å². The molecule has 21 heavy (non-hydrogen) atoms. The average Bonchev–Trinajstić information content (AvgIpc) is 2.47. The van der Waals surface area contributed by atoms with Crippen LogP contribution in [0, 0.1) is 0 Å². The van der Waals surface area contributed by atoms with Crippen molar-refractivity contribution in [2.24, 2.45) is 10.9 Å². The van der Waals surface area contributed by atoms with Crippen LogP contribution in [-0.4, -0.2) is 53.7 Å². The molecule has 0 radical (unpaired) electrons. The summed E-state index contributed by atoms with van der Waals surface area (Å²) in [5.74, 6) is 0.0331. The Hall–Kier alpha value is -2.03.